The van der Waals surface area contributed by atoms with E-state index in [0.29, 0.717) is 54.3 Å². The summed E-state index contributed by atoms with van der Waals surface area (Å²) in [5, 5.41) is 2.21. The summed E-state index contributed by atoms with van der Waals surface area (Å²) in [7, 11) is -55.7. The molecule has 7 fully saturated rings. The average molecular weight is 1510 g/mol. The van der Waals surface area contributed by atoms with Crippen molar-refractivity contribution in [1.82, 2.24) is 0 Å². The minimum absolute atomic E-state index is 0.524. The lowest BCUT2D eigenvalue weighted by molar-refractivity contribution is 0.0464. The molecule has 7 aliphatic heterocycles. The van der Waals surface area contributed by atoms with Gasteiger partial charge in [0.1, 0.15) is 0 Å². The fourth-order valence-electron chi connectivity index (χ4n) is 14.9. The van der Waals surface area contributed by atoms with E-state index in [9.17, 15) is 0 Å². The van der Waals surface area contributed by atoms with Gasteiger partial charge in [-0.05, 0) is 78.9 Å². The molecule has 0 aliphatic carbocycles. The van der Waals surface area contributed by atoms with Crippen LogP contribution in [0.3, 0.4) is 0 Å². The molecule has 8 aromatic rings. The number of rotatable bonds is 10. The molecule has 8 bridgehead atoms. The molecule has 6 atom stereocenters. The van der Waals surface area contributed by atoms with Crippen LogP contribution in [0.1, 0.15) is 74.7 Å². The summed E-state index contributed by atoms with van der Waals surface area (Å²) in [5.41, 5.74) is 0. The maximum atomic E-state index is 9.12. The Bertz CT molecular complexity index is 3960. The third kappa shape index (κ3) is 12.0. The third-order valence-corrected chi connectivity index (χ3v) is 79.5. The Morgan fingerprint density at radius 1 is 0.237 bits per heavy atom. The van der Waals surface area contributed by atoms with Crippen LogP contribution < -0.4 is 41.5 Å². The largest absolute Gasteiger partial charge is 0.515 e. The van der Waals surface area contributed by atoms with E-state index < -0.39 is 124 Å². The third-order valence-electron chi connectivity index (χ3n) is 22.9. The summed E-state index contributed by atoms with van der Waals surface area (Å²) in [6.07, 6.45) is 2.08. The highest BCUT2D eigenvalue weighted by molar-refractivity contribution is 7.12. The quantitative estimate of drug-likeness (QED) is 0.120. The molecule has 15 rings (SSSR count). The van der Waals surface area contributed by atoms with Gasteiger partial charge in [0, 0.05) is 41.5 Å². The van der Waals surface area contributed by atoms with E-state index in [1.54, 1.807) is 0 Å². The molecule has 0 spiro atoms. The Balaban J connectivity index is 1.38. The van der Waals surface area contributed by atoms with Gasteiger partial charge in [-0.3, -0.25) is 0 Å². The van der Waals surface area contributed by atoms with E-state index in [2.05, 4.69) is 156 Å². The van der Waals surface area contributed by atoms with Crippen LogP contribution in [0.15, 0.2) is 243 Å². The van der Waals surface area contributed by atoms with E-state index >= 15 is 0 Å². The number of hydrogen-bond acceptors (Lipinski definition) is 14. The van der Waals surface area contributed by atoms with Gasteiger partial charge in [0.05, 0.1) is 0 Å². The lowest BCUT2D eigenvalue weighted by atomic mass is 9.92. The van der Waals surface area contributed by atoms with E-state index in [4.69, 9.17) is 57.6 Å². The van der Waals surface area contributed by atoms with Crippen molar-refractivity contribution in [3.8, 4) is 0 Å². The van der Waals surface area contributed by atoms with Crippen LogP contribution in [0.4, 0.5) is 0 Å². The molecule has 0 amide bonds. The van der Waals surface area contributed by atoms with Crippen LogP contribution in [0.2, 0.25) is 72.5 Å². The molecule has 7 heterocycles. The summed E-state index contributed by atoms with van der Waals surface area (Å²) < 4.78 is 126. The monoisotopic (exact) mass is 1510 g/mol. The van der Waals surface area contributed by atoms with Crippen molar-refractivity contribution in [3.05, 3.63) is 243 Å². The van der Waals surface area contributed by atoms with E-state index in [0.717, 1.165) is 6.42 Å². The second-order valence-electron chi connectivity index (χ2n) is 30.1. The van der Waals surface area contributed by atoms with E-state index in [-0.39, 0.29) is 0 Å². The summed E-state index contributed by atoms with van der Waals surface area (Å²) >= 11 is 0. The van der Waals surface area contributed by atoms with Crippen LogP contribution >= 0.6 is 0 Å². The molecule has 8 aromatic carbocycles. The van der Waals surface area contributed by atoms with E-state index in [1.807, 2.05) is 194 Å². The summed E-state index contributed by atoms with van der Waals surface area (Å²) in [6.45, 7) is 37.3. The Labute approximate surface area is 588 Å². The Kier molecular flexibility index (Phi) is 18.6. The van der Waals surface area contributed by atoms with Gasteiger partial charge in [-0.1, -0.05) is 311 Å². The normalized spacial score (nSPS) is 35.0. The molecule has 0 saturated carbocycles. The molecule has 97 heavy (non-hydrogen) atoms. The van der Waals surface area contributed by atoms with Crippen molar-refractivity contribution in [2.24, 2.45) is 0 Å². The Hall–Kier alpha value is -4.20. The van der Waals surface area contributed by atoms with Crippen molar-refractivity contribution < 1.29 is 57.6 Å². The highest BCUT2D eigenvalue weighted by Crippen LogP contribution is 2.66. The topological polar surface area (TPSA) is 129 Å². The maximum Gasteiger partial charge on any atom is 0.515 e. The molecule has 510 valence electrons. The van der Waals surface area contributed by atoms with Gasteiger partial charge in [0.15, 0.2) is 33.3 Å². The zero-order valence-corrected chi connectivity index (χ0v) is 70.9. The highest BCUT2D eigenvalue weighted by Gasteiger charge is 2.83. The molecule has 0 N–H and O–H groups in total. The number of hydrogen-bond donors (Lipinski definition) is 0. The second-order valence-corrected chi connectivity index (χ2v) is 72.1. The lowest BCUT2D eigenvalue weighted by Gasteiger charge is -2.60. The van der Waals surface area contributed by atoms with Crippen LogP contribution in [-0.4, -0.2) is 104 Å². The fourth-order valence-corrected chi connectivity index (χ4v) is 81.3. The minimum atomic E-state index is -5.38. The molecule has 14 nitrogen and oxygen atoms in total. The van der Waals surface area contributed by atoms with Crippen LogP contribution in [0.5, 0.6) is 0 Å². The predicted molar refractivity (Wildman–Crippen MR) is 410 cm³/mol. The zero-order valence-electron chi connectivity index (χ0n) is 58.9. The molecule has 26 heteroatoms. The summed E-state index contributed by atoms with van der Waals surface area (Å²) in [6, 6.07) is 80.7. The van der Waals surface area contributed by atoms with Gasteiger partial charge in [-0.25, -0.2) is 0 Å². The molecule has 0 aromatic heterocycles. The van der Waals surface area contributed by atoms with E-state index in [1.165, 1.54) is 0 Å². The predicted octanol–water partition coefficient (Wildman–Crippen LogP) is 12.2. The van der Waals surface area contributed by atoms with Crippen molar-refractivity contribution in [2.75, 3.05) is 0 Å². The Morgan fingerprint density at radius 3 is 0.629 bits per heavy atom. The first-order chi connectivity index (χ1) is 45.8. The molecule has 7 aliphatic rings. The highest BCUT2D eigenvalue weighted by atomic mass is 28.6. The van der Waals surface area contributed by atoms with Crippen LogP contribution in [-0.2, 0) is 57.6 Å². The summed E-state index contributed by atoms with van der Waals surface area (Å²) in [5.74, 6) is 0. The van der Waals surface area contributed by atoms with Crippen molar-refractivity contribution in [2.45, 2.75) is 147 Å². The molecule has 6 unspecified atom stereocenters. The van der Waals surface area contributed by atoms with Gasteiger partial charge in [0.2, 0.25) is 0 Å². The summed E-state index contributed by atoms with van der Waals surface area (Å²) in [4.78, 5) is 0. The van der Waals surface area contributed by atoms with Crippen molar-refractivity contribution in [3.63, 3.8) is 0 Å². The molecule has 7 saturated heterocycles. The van der Waals surface area contributed by atoms with Crippen molar-refractivity contribution >= 4 is 145 Å². The minimum Gasteiger partial charge on any atom is -0.413 e. The second kappa shape index (κ2) is 25.3. The SMILES string of the molecule is CCC1(C)CC(C)(C)[Si](C)(C)O[Si]2(c3ccccc3)O[Si]3(c4ccccc4)O[Si]4(c5ccccc5)O[Si](c5ccccc5)(O[Si]5(c6ccccc6)O[Si](c6ccccc6)(O2)O[Si](c2ccccc2)(O3)O[Si](C)(C)C(C)(CC)C(C)(C)[Si](C)(C)O[Si](c2ccccc2)(O4)O5)O[Si]1(C)C. The molecular formula is C71H94O14Si12. The van der Waals surface area contributed by atoms with Gasteiger partial charge < -0.3 is 57.6 Å². The fraction of sp³-hybridized carbons (Fsp3) is 0.324. The lowest BCUT2D eigenvalue weighted by Crippen LogP contribution is -2.91. The average Bonchev–Trinajstić information content (AvgIpc) is 1.61. The van der Waals surface area contributed by atoms with Crippen LogP contribution in [0, 0.1) is 0 Å². The standard InChI is InChI=1S/C71H94O14Si12/c1-17-70(7)59-68(3,4)86(9,10)72-90(60-43-27-19-28-44-60)76-94(64-51-35-23-36-52-64)82-93(63-49-33-22-34-50-63)75-89(15,16)71(8,18-2)69(5,6)87(11,12)73-91(61-45-29-20-30-46-61)78-96(84-94,66-55-39-25-40-56-66)80-92(74-88(70,13)14,62-47-31-21-32-48-62)81-97(79-91,67-57-41-26-42-58-67)85-95(77-90,83-93)65-53-37-24-38-54-65/h19-58H,17-18,59H2,1-16H3. The Morgan fingerprint density at radius 2 is 0.423 bits per heavy atom. The molecule has 0 radical (unpaired) electrons. The number of benzene rings is 8. The van der Waals surface area contributed by atoms with Gasteiger partial charge in [0.25, 0.3) is 0 Å². The maximum absolute atomic E-state index is 9.12. The molecular weight excluding hydrogens is 1410 g/mol. The van der Waals surface area contributed by atoms with Gasteiger partial charge in [-0.2, -0.15) is 0 Å². The number of fused-ring (bicyclic) bond motifs is 11. The van der Waals surface area contributed by atoms with Crippen LogP contribution in [0.25, 0.3) is 0 Å². The first kappa shape index (κ1) is 71.2. The first-order valence-corrected chi connectivity index (χ1v) is 59.5. The first-order valence-electron chi connectivity index (χ1n) is 34.1. The zero-order chi connectivity index (χ0) is 68.9. The smallest absolute Gasteiger partial charge is 0.413 e. The van der Waals surface area contributed by atoms with Crippen molar-refractivity contribution in [1.29, 1.82) is 0 Å². The van der Waals surface area contributed by atoms with Gasteiger partial charge >= 0.3 is 70.4 Å². The van der Waals surface area contributed by atoms with Gasteiger partial charge in [-0.15, -0.1) is 0 Å².